The van der Waals surface area contributed by atoms with Crippen LogP contribution in [0.4, 0.5) is 0 Å². The van der Waals surface area contributed by atoms with Gasteiger partial charge in [0.25, 0.3) is 11.7 Å². The van der Waals surface area contributed by atoms with E-state index in [1.807, 2.05) is 6.07 Å². The van der Waals surface area contributed by atoms with Crippen molar-refractivity contribution >= 4 is 5.91 Å². The van der Waals surface area contributed by atoms with Crippen LogP contribution in [0.15, 0.2) is 9.05 Å². The molecule has 17 heavy (non-hydrogen) atoms. The highest BCUT2D eigenvalue weighted by molar-refractivity contribution is 5.88. The van der Waals surface area contributed by atoms with E-state index in [0.29, 0.717) is 17.0 Å². The van der Waals surface area contributed by atoms with Gasteiger partial charge < -0.3 is 14.8 Å². The molecule has 0 atom stereocenters. The molecule has 0 aliphatic rings. The minimum atomic E-state index is -0.781. The van der Waals surface area contributed by atoms with Crippen LogP contribution in [-0.4, -0.2) is 21.2 Å². The van der Waals surface area contributed by atoms with Crippen LogP contribution in [0, 0.1) is 18.3 Å². The Morgan fingerprint density at radius 1 is 1.47 bits per heavy atom. The van der Waals surface area contributed by atoms with Crippen molar-refractivity contribution in [2.45, 2.75) is 13.3 Å². The van der Waals surface area contributed by atoms with Crippen LogP contribution in [0.5, 0.6) is 0 Å². The lowest BCUT2D eigenvalue weighted by Crippen LogP contribution is -2.12. The van der Waals surface area contributed by atoms with Gasteiger partial charge in [-0.3, -0.25) is 4.79 Å². The molecule has 0 radical (unpaired) electrons. The largest absolute Gasteiger partial charge is 0.363 e. The summed E-state index contributed by atoms with van der Waals surface area (Å²) in [6, 6.07) is 1.96. The number of carbonyl (C=O) groups is 1. The molecule has 2 aromatic heterocycles. The molecule has 8 nitrogen and oxygen atoms in total. The van der Waals surface area contributed by atoms with Crippen molar-refractivity contribution in [3.05, 3.63) is 28.7 Å². The molecule has 0 unspecified atom stereocenters. The molecule has 0 saturated heterocycles. The fourth-order valence-electron chi connectivity index (χ4n) is 1.25. The lowest BCUT2D eigenvalue weighted by molar-refractivity contribution is 0.0987. The molecule has 2 N–H and O–H groups in total. The third-order valence-electron chi connectivity index (χ3n) is 2.05. The topological polar surface area (TPSA) is 132 Å². The third kappa shape index (κ3) is 1.98. The zero-order valence-electron chi connectivity index (χ0n) is 8.80. The Morgan fingerprint density at radius 2 is 2.24 bits per heavy atom. The van der Waals surface area contributed by atoms with E-state index in [-0.39, 0.29) is 18.1 Å². The van der Waals surface area contributed by atoms with Gasteiger partial charge in [-0.15, -0.1) is 0 Å². The van der Waals surface area contributed by atoms with Crippen LogP contribution in [0.25, 0.3) is 0 Å². The Balaban J connectivity index is 2.26. The molecule has 2 aromatic rings. The van der Waals surface area contributed by atoms with Crippen LogP contribution in [0.2, 0.25) is 0 Å². The van der Waals surface area contributed by atoms with Crippen LogP contribution in [-0.2, 0) is 6.42 Å². The third-order valence-corrected chi connectivity index (χ3v) is 2.05. The summed E-state index contributed by atoms with van der Waals surface area (Å²) in [7, 11) is 0. The molecule has 1 amide bonds. The van der Waals surface area contributed by atoms with Gasteiger partial charge in [-0.2, -0.15) is 10.2 Å². The molecule has 0 saturated carbocycles. The molecule has 8 heteroatoms. The lowest BCUT2D eigenvalue weighted by Gasteiger charge is -1.88. The van der Waals surface area contributed by atoms with Gasteiger partial charge in [0, 0.05) is 0 Å². The van der Waals surface area contributed by atoms with Crippen molar-refractivity contribution in [2.75, 3.05) is 0 Å². The molecule has 0 aliphatic carbocycles. The van der Waals surface area contributed by atoms with Crippen molar-refractivity contribution < 1.29 is 13.8 Å². The van der Waals surface area contributed by atoms with Crippen LogP contribution in [0.3, 0.4) is 0 Å². The number of nitrogens with two attached hydrogens (primary N) is 1. The van der Waals surface area contributed by atoms with Gasteiger partial charge in [-0.1, -0.05) is 10.3 Å². The predicted molar refractivity (Wildman–Crippen MR) is 51.6 cm³/mol. The Labute approximate surface area is 95.0 Å². The number of hydrogen-bond donors (Lipinski definition) is 1. The summed E-state index contributed by atoms with van der Waals surface area (Å²) in [5.41, 5.74) is 5.67. The van der Waals surface area contributed by atoms with Gasteiger partial charge >= 0.3 is 0 Å². The zero-order chi connectivity index (χ0) is 12.4. The zero-order valence-corrected chi connectivity index (χ0v) is 8.80. The number of nitriles is 1. The van der Waals surface area contributed by atoms with E-state index in [1.165, 1.54) is 0 Å². The van der Waals surface area contributed by atoms with Crippen LogP contribution < -0.4 is 5.73 Å². The quantitative estimate of drug-likeness (QED) is 0.784. The van der Waals surface area contributed by atoms with Gasteiger partial charge in [0.15, 0.2) is 5.76 Å². The number of nitrogens with zero attached hydrogens (tertiary/aromatic N) is 4. The fourth-order valence-corrected chi connectivity index (χ4v) is 1.25. The lowest BCUT2D eigenvalue weighted by atomic mass is 10.2. The second-order valence-corrected chi connectivity index (χ2v) is 3.23. The van der Waals surface area contributed by atoms with Crippen molar-refractivity contribution in [3.8, 4) is 6.07 Å². The molecule has 2 heterocycles. The first-order valence-corrected chi connectivity index (χ1v) is 4.59. The summed E-state index contributed by atoms with van der Waals surface area (Å²) in [5.74, 6) is -0.434. The van der Waals surface area contributed by atoms with Crippen molar-refractivity contribution in [1.29, 1.82) is 5.26 Å². The first-order chi connectivity index (χ1) is 8.11. The molecule has 0 fully saturated rings. The molecular formula is C9H7N5O3. The highest BCUT2D eigenvalue weighted by atomic mass is 16.5. The summed E-state index contributed by atoms with van der Waals surface area (Å²) in [5, 5.41) is 15.9. The van der Waals surface area contributed by atoms with E-state index in [4.69, 9.17) is 20.0 Å². The summed E-state index contributed by atoms with van der Waals surface area (Å²) < 4.78 is 9.64. The molecule has 0 spiro atoms. The summed E-state index contributed by atoms with van der Waals surface area (Å²) in [6.07, 6.45) is 0.112. The first kappa shape index (κ1) is 10.8. The number of rotatable bonds is 3. The van der Waals surface area contributed by atoms with E-state index in [0.717, 1.165) is 0 Å². The molecule has 2 rings (SSSR count). The highest BCUT2D eigenvalue weighted by Gasteiger charge is 2.17. The van der Waals surface area contributed by atoms with Gasteiger partial charge in [-0.05, 0) is 6.92 Å². The summed E-state index contributed by atoms with van der Waals surface area (Å²) in [6.45, 7) is 1.62. The monoisotopic (exact) mass is 233 g/mol. The Morgan fingerprint density at radius 3 is 2.82 bits per heavy atom. The smallest absolute Gasteiger partial charge is 0.290 e. The van der Waals surface area contributed by atoms with Crippen LogP contribution >= 0.6 is 0 Å². The molecule has 86 valence electrons. The van der Waals surface area contributed by atoms with E-state index < -0.39 is 5.91 Å². The number of carbonyl (C=O) groups excluding carboxylic acids is 1. The maximum atomic E-state index is 10.7. The molecular weight excluding hydrogens is 226 g/mol. The number of amides is 1. The average molecular weight is 233 g/mol. The highest BCUT2D eigenvalue weighted by Crippen LogP contribution is 2.15. The first-order valence-electron chi connectivity index (χ1n) is 4.59. The second-order valence-electron chi connectivity index (χ2n) is 3.23. The van der Waals surface area contributed by atoms with E-state index in [2.05, 4.69) is 15.3 Å². The predicted octanol–water partition coefficient (Wildman–Crippen LogP) is -0.0726. The fraction of sp³-hybridized carbons (Fsp3) is 0.222. The van der Waals surface area contributed by atoms with E-state index >= 15 is 0 Å². The van der Waals surface area contributed by atoms with Gasteiger partial charge in [0.1, 0.15) is 17.3 Å². The van der Waals surface area contributed by atoms with E-state index in [9.17, 15) is 4.79 Å². The minimum absolute atomic E-state index is 0.112. The van der Waals surface area contributed by atoms with Crippen molar-refractivity contribution in [3.63, 3.8) is 0 Å². The SMILES string of the molecule is Cc1onc(Cc2nc(C(N)=O)no2)c1C#N. The van der Waals surface area contributed by atoms with Gasteiger partial charge in [0.2, 0.25) is 5.89 Å². The van der Waals surface area contributed by atoms with E-state index in [1.54, 1.807) is 6.92 Å². The summed E-state index contributed by atoms with van der Waals surface area (Å²) >= 11 is 0. The maximum Gasteiger partial charge on any atom is 0.290 e. The second kappa shape index (κ2) is 4.05. The Bertz CT molecular complexity index is 606. The average Bonchev–Trinajstić information content (AvgIpc) is 2.87. The number of hydrogen-bond acceptors (Lipinski definition) is 7. The molecule has 0 aliphatic heterocycles. The maximum absolute atomic E-state index is 10.7. The number of aromatic nitrogens is 3. The van der Waals surface area contributed by atoms with Crippen LogP contribution in [0.1, 0.15) is 33.5 Å². The normalized spacial score (nSPS) is 10.1. The minimum Gasteiger partial charge on any atom is -0.363 e. The van der Waals surface area contributed by atoms with Gasteiger partial charge in [-0.25, -0.2) is 0 Å². The van der Waals surface area contributed by atoms with Crippen molar-refractivity contribution in [2.24, 2.45) is 5.73 Å². The van der Waals surface area contributed by atoms with Crippen molar-refractivity contribution in [1.82, 2.24) is 15.3 Å². The summed E-state index contributed by atoms with van der Waals surface area (Å²) in [4.78, 5) is 14.5. The molecule has 0 bridgehead atoms. The molecule has 0 aromatic carbocycles. The van der Waals surface area contributed by atoms with Gasteiger partial charge in [0.05, 0.1) is 6.42 Å². The Kier molecular flexibility index (Phi) is 2.58. The Hall–Kier alpha value is -2.69. The number of aryl methyl sites for hydroxylation is 1. The number of primary amides is 1. The standard InChI is InChI=1S/C9H7N5O3/c1-4-5(3-10)6(13-16-4)2-7-12-9(8(11)15)14-17-7/h2H2,1H3,(H2,11,15).